The van der Waals surface area contributed by atoms with Gasteiger partial charge in [0.1, 0.15) is 6.33 Å². The van der Waals surface area contributed by atoms with E-state index in [1.165, 1.54) is 19.3 Å². The number of hydrogen-bond donors (Lipinski definition) is 3. The molecule has 0 saturated carbocycles. The number of unbranched alkanes of at least 4 members (excludes halogenated alkanes) is 6. The van der Waals surface area contributed by atoms with Crippen LogP contribution in [0, 0.1) is 5.92 Å². The lowest BCUT2D eigenvalue weighted by Crippen LogP contribution is -2.35. The van der Waals surface area contributed by atoms with E-state index in [2.05, 4.69) is 9.88 Å². The number of hydrogen-bond acceptors (Lipinski definition) is 7. The number of ether oxygens (including phenoxy) is 1. The van der Waals surface area contributed by atoms with Crippen LogP contribution in [0.25, 0.3) is 0 Å². The molecular weight excluding hydrogens is 534 g/mol. The Bertz CT molecular complexity index is 1190. The number of likely N-dealkylation sites (tertiary alicyclic amines) is 1. The number of carbonyl (C=O) groups excluding carboxylic acids is 1. The van der Waals surface area contributed by atoms with E-state index in [1.807, 2.05) is 65.3 Å². The highest BCUT2D eigenvalue weighted by atomic mass is 16.6. The normalized spacial score (nSPS) is 14.5. The van der Waals surface area contributed by atoms with Gasteiger partial charge in [-0.2, -0.15) is 5.10 Å². The topological polar surface area (TPSA) is 130 Å². The minimum absolute atomic E-state index is 0.247. The van der Waals surface area contributed by atoms with Gasteiger partial charge in [-0.1, -0.05) is 92.8 Å². The van der Waals surface area contributed by atoms with Crippen molar-refractivity contribution in [3.63, 3.8) is 0 Å². The number of amides is 2. The molecule has 0 atom stereocenters. The Hall–Kier alpha value is -3.76. The van der Waals surface area contributed by atoms with E-state index in [9.17, 15) is 14.7 Å². The van der Waals surface area contributed by atoms with E-state index in [-0.39, 0.29) is 6.61 Å². The van der Waals surface area contributed by atoms with Gasteiger partial charge in [0, 0.05) is 6.54 Å². The van der Waals surface area contributed by atoms with Crippen molar-refractivity contribution in [1.29, 1.82) is 0 Å². The smallest absolute Gasteiger partial charge is 0.416 e. The zero-order valence-electron chi connectivity index (χ0n) is 24.2. The summed E-state index contributed by atoms with van der Waals surface area (Å²) in [7, 11) is 0. The van der Waals surface area contributed by atoms with Crippen molar-refractivity contribution in [3.8, 4) is 0 Å². The third kappa shape index (κ3) is 9.12. The Labute approximate surface area is 247 Å². The number of piperidine rings is 1. The number of nitrogens with one attached hydrogen (secondary N) is 1. The molecule has 0 unspecified atom stereocenters. The minimum Gasteiger partial charge on any atom is -0.465 e. The summed E-state index contributed by atoms with van der Waals surface area (Å²) >= 11 is 0. The fourth-order valence-corrected chi connectivity index (χ4v) is 5.60. The van der Waals surface area contributed by atoms with Crippen molar-refractivity contribution in [2.24, 2.45) is 5.92 Å². The summed E-state index contributed by atoms with van der Waals surface area (Å²) in [5, 5.41) is 26.8. The van der Waals surface area contributed by atoms with Gasteiger partial charge >= 0.3 is 12.2 Å². The fraction of sp³-hybridized carbons (Fsp3) is 0.500. The molecule has 0 radical (unpaired) electrons. The third-order valence-electron chi connectivity index (χ3n) is 7.96. The zero-order valence-corrected chi connectivity index (χ0v) is 24.2. The van der Waals surface area contributed by atoms with Gasteiger partial charge in [-0.25, -0.2) is 19.9 Å². The van der Waals surface area contributed by atoms with Crippen LogP contribution in [0.2, 0.25) is 0 Å². The van der Waals surface area contributed by atoms with Crippen molar-refractivity contribution in [1.82, 2.24) is 25.0 Å². The Kier molecular flexibility index (Phi) is 11.9. The van der Waals surface area contributed by atoms with Gasteiger partial charge in [0.2, 0.25) is 0 Å². The summed E-state index contributed by atoms with van der Waals surface area (Å²) in [4.78, 5) is 28.5. The molecule has 3 aromatic rings. The molecule has 3 N–H and O–H groups in total. The minimum atomic E-state index is -1.41. The van der Waals surface area contributed by atoms with Crippen LogP contribution in [0.1, 0.15) is 74.7 Å². The molecule has 2 amide bonds. The van der Waals surface area contributed by atoms with Crippen molar-refractivity contribution >= 4 is 12.2 Å². The molecule has 1 fully saturated rings. The first-order chi connectivity index (χ1) is 20.4. The number of nitrogens with zero attached hydrogens (tertiary/aromatic N) is 4. The van der Waals surface area contributed by atoms with E-state index in [0.717, 1.165) is 75.8 Å². The van der Waals surface area contributed by atoms with Gasteiger partial charge in [-0.3, -0.25) is 4.68 Å². The molecular formula is C32H43N5O5. The number of aliphatic hydroxyl groups is 1. The van der Waals surface area contributed by atoms with Gasteiger partial charge in [-0.05, 0) is 62.4 Å². The second-order valence-electron chi connectivity index (χ2n) is 11.1. The molecule has 2 aromatic carbocycles. The highest BCUT2D eigenvalue weighted by molar-refractivity contribution is 5.86. The summed E-state index contributed by atoms with van der Waals surface area (Å²) in [6.07, 6.45) is 9.28. The molecule has 4 rings (SSSR count). The molecule has 10 nitrogen and oxygen atoms in total. The van der Waals surface area contributed by atoms with Crippen LogP contribution in [-0.4, -0.2) is 68.3 Å². The summed E-state index contributed by atoms with van der Waals surface area (Å²) in [6.45, 7) is 4.37. The Balaban J connectivity index is 1.12. The summed E-state index contributed by atoms with van der Waals surface area (Å²) in [5.41, 5.74) is 0.0853. The van der Waals surface area contributed by atoms with Crippen LogP contribution in [0.3, 0.4) is 0 Å². The quantitative estimate of drug-likeness (QED) is 0.205. The highest BCUT2D eigenvalue weighted by Crippen LogP contribution is 2.34. The van der Waals surface area contributed by atoms with E-state index < -0.39 is 17.8 Å². The molecule has 226 valence electrons. The number of alkyl carbamates (subject to hydrolysis) is 1. The van der Waals surface area contributed by atoms with Crippen LogP contribution in [-0.2, 0) is 16.9 Å². The first-order valence-corrected chi connectivity index (χ1v) is 15.1. The van der Waals surface area contributed by atoms with Gasteiger partial charge in [0.15, 0.2) is 11.4 Å². The van der Waals surface area contributed by atoms with E-state index in [1.54, 1.807) is 11.6 Å². The average Bonchev–Trinajstić information content (AvgIpc) is 3.48. The van der Waals surface area contributed by atoms with E-state index in [4.69, 9.17) is 14.9 Å². The number of carbonyl (C=O) groups is 2. The van der Waals surface area contributed by atoms with Crippen LogP contribution in [0.5, 0.6) is 0 Å². The molecule has 1 aliphatic heterocycles. The van der Waals surface area contributed by atoms with Crippen molar-refractivity contribution in [3.05, 3.63) is 83.9 Å². The third-order valence-corrected chi connectivity index (χ3v) is 7.96. The van der Waals surface area contributed by atoms with Crippen molar-refractivity contribution in [2.75, 3.05) is 26.2 Å². The molecule has 0 bridgehead atoms. The Morgan fingerprint density at radius 3 is 2.05 bits per heavy atom. The van der Waals surface area contributed by atoms with E-state index >= 15 is 0 Å². The second-order valence-corrected chi connectivity index (χ2v) is 11.1. The van der Waals surface area contributed by atoms with Crippen LogP contribution in [0.4, 0.5) is 9.59 Å². The summed E-state index contributed by atoms with van der Waals surface area (Å²) in [5.74, 6) is 0.935. The lowest BCUT2D eigenvalue weighted by atomic mass is 9.86. The molecule has 0 spiro atoms. The maximum Gasteiger partial charge on any atom is 0.416 e. The monoisotopic (exact) mass is 577 g/mol. The maximum atomic E-state index is 11.9. The lowest BCUT2D eigenvalue weighted by Gasteiger charge is -2.31. The zero-order chi connectivity index (χ0) is 29.6. The van der Waals surface area contributed by atoms with Gasteiger partial charge in [0.25, 0.3) is 0 Å². The van der Waals surface area contributed by atoms with Crippen molar-refractivity contribution in [2.45, 2.75) is 69.9 Å². The lowest BCUT2D eigenvalue weighted by molar-refractivity contribution is 0.114. The first kappa shape index (κ1) is 31.2. The molecule has 1 aliphatic rings. The fourth-order valence-electron chi connectivity index (χ4n) is 5.60. The standard InChI is InChI=1S/C32H43N5O5/c38-30(39)34-31(40)42-23-13-5-3-1-2-4-12-20-36-21-18-26(19-22-36)24-37-25-33-29(35-37)32(41,27-14-8-6-9-15-27)28-16-10-7-11-17-28/h6-11,14-17,25-26,41H,1-5,12-13,18-24H2,(H,34,40)(H,38,39). The molecule has 1 aromatic heterocycles. The van der Waals surface area contributed by atoms with Crippen LogP contribution in [0.15, 0.2) is 67.0 Å². The summed E-state index contributed by atoms with van der Waals surface area (Å²) in [6, 6.07) is 19.2. The molecule has 42 heavy (non-hydrogen) atoms. The number of aromatic nitrogens is 3. The maximum absolute atomic E-state index is 11.9. The van der Waals surface area contributed by atoms with Gasteiger partial charge < -0.3 is 19.8 Å². The Morgan fingerprint density at radius 2 is 1.45 bits per heavy atom. The molecule has 1 saturated heterocycles. The number of rotatable bonds is 15. The summed E-state index contributed by atoms with van der Waals surface area (Å²) < 4.78 is 6.69. The largest absolute Gasteiger partial charge is 0.465 e. The van der Waals surface area contributed by atoms with Gasteiger partial charge in [0.05, 0.1) is 6.61 Å². The number of benzene rings is 2. The predicted molar refractivity (Wildman–Crippen MR) is 159 cm³/mol. The molecule has 10 heteroatoms. The molecule has 2 heterocycles. The highest BCUT2D eigenvalue weighted by Gasteiger charge is 2.37. The predicted octanol–water partition coefficient (Wildman–Crippen LogP) is 5.41. The van der Waals surface area contributed by atoms with Crippen molar-refractivity contribution < 1.29 is 24.5 Å². The number of carboxylic acid groups (broad SMARTS) is 1. The number of imide groups is 1. The average molecular weight is 578 g/mol. The SMILES string of the molecule is O=C(O)NC(=O)OCCCCCCCCCN1CCC(Cn2cnc(C(O)(c3ccccc3)c3ccccc3)n2)CC1. The van der Waals surface area contributed by atoms with Gasteiger partial charge in [-0.15, -0.1) is 0 Å². The van der Waals surface area contributed by atoms with E-state index in [0.29, 0.717) is 11.7 Å². The molecule has 0 aliphatic carbocycles. The van der Waals surface area contributed by atoms with Crippen LogP contribution < -0.4 is 5.32 Å². The second kappa shape index (κ2) is 16.0. The Morgan fingerprint density at radius 1 is 0.881 bits per heavy atom. The van der Waals surface area contributed by atoms with Crippen LogP contribution >= 0.6 is 0 Å². The first-order valence-electron chi connectivity index (χ1n) is 15.1.